The zero-order valence-electron chi connectivity index (χ0n) is 22.3. The van der Waals surface area contributed by atoms with Gasteiger partial charge in [0.1, 0.15) is 11.4 Å². The molecule has 11 heteroatoms. The minimum Gasteiger partial charge on any atom is -0.495 e. The summed E-state index contributed by atoms with van der Waals surface area (Å²) in [5.74, 6) is -3.53. The average Bonchev–Trinajstić information content (AvgIpc) is 3.42. The molecule has 2 aromatic rings. The Bertz CT molecular complexity index is 1150. The maximum atomic E-state index is 14.9. The molecule has 9 nitrogen and oxygen atoms in total. The number of nitrogens with one attached hydrogen (secondary N) is 3. The number of aromatic nitrogens is 2. The summed E-state index contributed by atoms with van der Waals surface area (Å²) in [6.07, 6.45) is 7.15. The highest BCUT2D eigenvalue weighted by molar-refractivity contribution is 6.02. The third kappa shape index (κ3) is 5.40. The van der Waals surface area contributed by atoms with Crippen molar-refractivity contribution in [2.45, 2.75) is 69.5 Å². The number of anilines is 4. The number of alkyl halides is 2. The number of hydrogen-bond acceptors (Lipinski definition) is 8. The van der Waals surface area contributed by atoms with Crippen LogP contribution in [0, 0.1) is 0 Å². The highest BCUT2D eigenvalue weighted by Crippen LogP contribution is 2.39. The number of rotatable bonds is 7. The summed E-state index contributed by atoms with van der Waals surface area (Å²) in [4.78, 5) is 24.2. The quantitative estimate of drug-likeness (QED) is 0.496. The van der Waals surface area contributed by atoms with Gasteiger partial charge in [-0.2, -0.15) is 13.8 Å². The lowest BCUT2D eigenvalue weighted by Gasteiger charge is -2.35. The van der Waals surface area contributed by atoms with Crippen molar-refractivity contribution in [2.24, 2.45) is 0 Å². The molecule has 3 N–H and O–H groups in total. The number of benzene rings is 1. The Morgan fingerprint density at radius 1 is 1.21 bits per heavy atom. The molecule has 38 heavy (non-hydrogen) atoms. The van der Waals surface area contributed by atoms with Gasteiger partial charge in [-0.05, 0) is 50.4 Å². The van der Waals surface area contributed by atoms with Crippen molar-refractivity contribution in [3.05, 3.63) is 30.0 Å². The second-order valence-electron chi connectivity index (χ2n) is 10.6. The van der Waals surface area contributed by atoms with Gasteiger partial charge >= 0.3 is 5.92 Å². The smallest absolute Gasteiger partial charge is 0.342 e. The first-order valence-electron chi connectivity index (χ1n) is 13.5. The van der Waals surface area contributed by atoms with Crippen LogP contribution in [-0.4, -0.2) is 67.7 Å². The SMILES string of the molecule is COc1cc(C(C)N[C@@H]2CCNC2)ccc1Nc1ncc2c(n1)N(C1CCCCC1)CC(F)(F)C(=O)N2C. The van der Waals surface area contributed by atoms with Crippen molar-refractivity contribution in [1.82, 2.24) is 20.6 Å². The van der Waals surface area contributed by atoms with Crippen LogP contribution in [0.15, 0.2) is 24.4 Å². The Morgan fingerprint density at radius 2 is 2.00 bits per heavy atom. The van der Waals surface area contributed by atoms with Crippen LogP contribution in [0.25, 0.3) is 0 Å². The molecule has 3 aliphatic rings. The highest BCUT2D eigenvalue weighted by Gasteiger charge is 2.48. The topological polar surface area (TPSA) is 94.6 Å². The fourth-order valence-corrected chi connectivity index (χ4v) is 5.73. The van der Waals surface area contributed by atoms with E-state index in [1.165, 1.54) is 13.2 Å². The van der Waals surface area contributed by atoms with E-state index >= 15 is 0 Å². The fraction of sp³-hybridized carbons (Fsp3) is 0.593. The van der Waals surface area contributed by atoms with Gasteiger partial charge in [-0.1, -0.05) is 25.3 Å². The van der Waals surface area contributed by atoms with Crippen LogP contribution in [0.1, 0.15) is 57.1 Å². The lowest BCUT2D eigenvalue weighted by Crippen LogP contribution is -2.49. The van der Waals surface area contributed by atoms with Crippen molar-refractivity contribution in [3.8, 4) is 5.75 Å². The molecular weight excluding hydrogens is 492 g/mol. The number of hydrogen-bond donors (Lipinski definition) is 3. The van der Waals surface area contributed by atoms with Crippen LogP contribution >= 0.6 is 0 Å². The van der Waals surface area contributed by atoms with E-state index in [0.29, 0.717) is 23.3 Å². The van der Waals surface area contributed by atoms with Gasteiger partial charge in [-0.3, -0.25) is 4.79 Å². The second-order valence-corrected chi connectivity index (χ2v) is 10.6. The first-order valence-corrected chi connectivity index (χ1v) is 13.5. The molecule has 2 fully saturated rings. The number of amides is 1. The molecule has 1 aliphatic carbocycles. The first kappa shape index (κ1) is 26.6. The summed E-state index contributed by atoms with van der Waals surface area (Å²) in [5.41, 5.74) is 2.04. The van der Waals surface area contributed by atoms with Crippen molar-refractivity contribution >= 4 is 29.0 Å². The van der Waals surface area contributed by atoms with Crippen molar-refractivity contribution in [2.75, 3.05) is 48.9 Å². The Balaban J connectivity index is 1.43. The Labute approximate surface area is 222 Å². The van der Waals surface area contributed by atoms with E-state index in [9.17, 15) is 13.6 Å². The fourth-order valence-electron chi connectivity index (χ4n) is 5.73. The molecule has 206 valence electrons. The number of fused-ring (bicyclic) bond motifs is 1. The standard InChI is InChI=1S/C27H37F2N7O2/c1-17(32-19-11-12-30-14-19)18-9-10-21(23(13-18)38-3)33-26-31-15-22-24(34-26)36(20-7-5-4-6-8-20)16-27(28,29)25(37)35(22)2/h9-10,13,15,17,19-20,30,32H,4-8,11-12,14,16H2,1-3H3,(H,31,33,34)/t17?,19-/m1/s1. The van der Waals surface area contributed by atoms with E-state index < -0.39 is 18.4 Å². The first-order chi connectivity index (χ1) is 18.3. The predicted octanol–water partition coefficient (Wildman–Crippen LogP) is 3.99. The Kier molecular flexibility index (Phi) is 7.67. The minimum absolute atomic E-state index is 0.103. The molecule has 1 aromatic heterocycles. The average molecular weight is 530 g/mol. The lowest BCUT2D eigenvalue weighted by atomic mass is 9.94. The summed E-state index contributed by atoms with van der Waals surface area (Å²) in [6.45, 7) is 3.42. The molecule has 0 radical (unpaired) electrons. The minimum atomic E-state index is -3.52. The summed E-state index contributed by atoms with van der Waals surface area (Å²) in [5, 5.41) is 10.2. The van der Waals surface area contributed by atoms with E-state index in [1.807, 2.05) is 18.2 Å². The summed E-state index contributed by atoms with van der Waals surface area (Å²) >= 11 is 0. The molecule has 1 unspecified atom stereocenters. The molecule has 1 saturated carbocycles. The van der Waals surface area contributed by atoms with Gasteiger partial charge < -0.3 is 30.5 Å². The number of methoxy groups -OCH3 is 1. The molecule has 1 amide bonds. The number of carbonyl (C=O) groups excluding carboxylic acids is 1. The zero-order chi connectivity index (χ0) is 26.9. The highest BCUT2D eigenvalue weighted by atomic mass is 19.3. The van der Waals surface area contributed by atoms with E-state index in [4.69, 9.17) is 4.74 Å². The van der Waals surface area contributed by atoms with Crippen LogP contribution in [0.4, 0.5) is 31.9 Å². The van der Waals surface area contributed by atoms with Gasteiger partial charge in [-0.15, -0.1) is 0 Å². The molecular formula is C27H37F2N7O2. The van der Waals surface area contributed by atoms with Crippen molar-refractivity contribution in [3.63, 3.8) is 0 Å². The third-order valence-corrected chi connectivity index (χ3v) is 7.90. The summed E-state index contributed by atoms with van der Waals surface area (Å²) in [7, 11) is 2.96. The van der Waals surface area contributed by atoms with E-state index in [2.05, 4.69) is 32.8 Å². The third-order valence-electron chi connectivity index (χ3n) is 7.90. The Hall–Kier alpha value is -3.05. The predicted molar refractivity (Wildman–Crippen MR) is 144 cm³/mol. The lowest BCUT2D eigenvalue weighted by molar-refractivity contribution is -0.140. The van der Waals surface area contributed by atoms with Crippen LogP contribution in [0.2, 0.25) is 0 Å². The maximum Gasteiger partial charge on any atom is 0.342 e. The molecule has 0 spiro atoms. The van der Waals surface area contributed by atoms with Gasteiger partial charge in [0.15, 0.2) is 5.82 Å². The van der Waals surface area contributed by atoms with Gasteiger partial charge in [0.2, 0.25) is 5.95 Å². The zero-order valence-corrected chi connectivity index (χ0v) is 22.3. The molecule has 1 saturated heterocycles. The van der Waals surface area contributed by atoms with Gasteiger partial charge in [0.25, 0.3) is 5.91 Å². The number of halogens is 2. The van der Waals surface area contributed by atoms with Crippen LogP contribution in [0.5, 0.6) is 5.75 Å². The number of nitrogens with zero attached hydrogens (tertiary/aromatic N) is 4. The van der Waals surface area contributed by atoms with Crippen molar-refractivity contribution in [1.29, 1.82) is 0 Å². The van der Waals surface area contributed by atoms with E-state index in [1.54, 1.807) is 12.0 Å². The number of ether oxygens (including phenoxy) is 1. The normalized spacial score (nSPS) is 22.7. The van der Waals surface area contributed by atoms with Gasteiger partial charge in [0, 0.05) is 31.7 Å². The molecule has 2 aliphatic heterocycles. The summed E-state index contributed by atoms with van der Waals surface area (Å²) < 4.78 is 35.5. The molecule has 0 bridgehead atoms. The van der Waals surface area contributed by atoms with Crippen LogP contribution < -0.4 is 30.5 Å². The molecule has 1 aromatic carbocycles. The number of carbonyl (C=O) groups is 1. The van der Waals surface area contributed by atoms with E-state index in [0.717, 1.165) is 62.1 Å². The molecule has 2 atom stereocenters. The molecule has 3 heterocycles. The largest absolute Gasteiger partial charge is 0.495 e. The maximum absolute atomic E-state index is 14.9. The summed E-state index contributed by atoms with van der Waals surface area (Å²) in [6, 6.07) is 6.39. The van der Waals surface area contributed by atoms with Crippen LogP contribution in [-0.2, 0) is 4.79 Å². The van der Waals surface area contributed by atoms with Gasteiger partial charge in [0.05, 0.1) is 25.5 Å². The van der Waals surface area contributed by atoms with E-state index in [-0.39, 0.29) is 23.7 Å². The molecule has 5 rings (SSSR count). The second kappa shape index (κ2) is 11.0. The Morgan fingerprint density at radius 3 is 2.71 bits per heavy atom. The van der Waals surface area contributed by atoms with Crippen molar-refractivity contribution < 1.29 is 18.3 Å². The van der Waals surface area contributed by atoms with Crippen LogP contribution in [0.3, 0.4) is 0 Å². The van der Waals surface area contributed by atoms with Gasteiger partial charge in [-0.25, -0.2) is 4.98 Å². The monoisotopic (exact) mass is 529 g/mol.